The largest absolute Gasteiger partial charge is 0.450 e. The smallest absolute Gasteiger partial charge is 0.409 e. The number of rotatable bonds is 5. The second-order valence-corrected chi connectivity index (χ2v) is 6.59. The molecule has 0 atom stereocenters. The van der Waals surface area contributed by atoms with E-state index in [-0.39, 0.29) is 24.7 Å². The van der Waals surface area contributed by atoms with E-state index in [9.17, 15) is 24.5 Å². The number of hydrogen-bond donors (Lipinski definition) is 0. The van der Waals surface area contributed by atoms with E-state index in [1.807, 2.05) is 0 Å². The number of nitrogens with zero attached hydrogens (tertiary/aromatic N) is 5. The fraction of sp³-hybridized carbons (Fsp3) is 0.368. The first-order chi connectivity index (χ1) is 14.4. The van der Waals surface area contributed by atoms with Crippen LogP contribution in [0.3, 0.4) is 0 Å². The molecule has 0 radical (unpaired) electrons. The predicted octanol–water partition coefficient (Wildman–Crippen LogP) is 1.12. The summed E-state index contributed by atoms with van der Waals surface area (Å²) in [5.41, 5.74) is 0.526. The van der Waals surface area contributed by atoms with Gasteiger partial charge in [0.25, 0.3) is 11.2 Å². The Balaban J connectivity index is 1.67. The number of non-ortho nitro benzene ring substituents is 1. The van der Waals surface area contributed by atoms with Gasteiger partial charge in [-0.25, -0.2) is 9.48 Å². The zero-order chi connectivity index (χ0) is 21.7. The summed E-state index contributed by atoms with van der Waals surface area (Å²) < 4.78 is 6.02. The topological polar surface area (TPSA) is 128 Å². The zero-order valence-corrected chi connectivity index (χ0v) is 16.4. The van der Waals surface area contributed by atoms with Gasteiger partial charge in [0.15, 0.2) is 0 Å². The lowest BCUT2D eigenvalue weighted by Gasteiger charge is -2.34. The van der Waals surface area contributed by atoms with E-state index < -0.39 is 16.6 Å². The average molecular weight is 415 g/mol. The number of amides is 2. The van der Waals surface area contributed by atoms with E-state index in [0.29, 0.717) is 37.4 Å². The molecular formula is C19H21N5O6. The lowest BCUT2D eigenvalue weighted by atomic mass is 10.1. The molecule has 1 saturated heterocycles. The van der Waals surface area contributed by atoms with Crippen LogP contribution in [0.4, 0.5) is 10.5 Å². The maximum atomic E-state index is 12.6. The zero-order valence-electron chi connectivity index (χ0n) is 16.4. The minimum absolute atomic E-state index is 0.0517. The first kappa shape index (κ1) is 21.0. The standard InChI is InChI=1S/C19H21N5O6/c1-2-30-19(27)22-11-9-21(10-12-22)18(26)13-23-17(25)8-7-16(20-23)14-3-5-15(6-4-14)24(28)29/h3-8H,2,9-13H2,1H3. The first-order valence-corrected chi connectivity index (χ1v) is 9.41. The van der Waals surface area contributed by atoms with Crippen molar-refractivity contribution in [1.29, 1.82) is 0 Å². The minimum atomic E-state index is -0.502. The normalized spacial score (nSPS) is 13.8. The minimum Gasteiger partial charge on any atom is -0.450 e. The average Bonchev–Trinajstić information content (AvgIpc) is 2.75. The summed E-state index contributed by atoms with van der Waals surface area (Å²) in [6.45, 7) is 3.18. The van der Waals surface area contributed by atoms with Crippen LogP contribution in [-0.4, -0.2) is 69.3 Å². The molecular weight excluding hydrogens is 394 g/mol. The van der Waals surface area contributed by atoms with Crippen LogP contribution in [-0.2, 0) is 16.1 Å². The fourth-order valence-corrected chi connectivity index (χ4v) is 3.05. The number of piperazine rings is 1. The van der Waals surface area contributed by atoms with Crippen LogP contribution in [0.2, 0.25) is 0 Å². The van der Waals surface area contributed by atoms with Gasteiger partial charge in [0.05, 0.1) is 17.2 Å². The molecule has 1 aromatic heterocycles. The summed E-state index contributed by atoms with van der Waals surface area (Å²) in [5, 5.41) is 15.0. The van der Waals surface area contributed by atoms with Crippen molar-refractivity contribution in [2.24, 2.45) is 0 Å². The Morgan fingerprint density at radius 1 is 1.07 bits per heavy atom. The maximum absolute atomic E-state index is 12.6. The molecule has 1 fully saturated rings. The summed E-state index contributed by atoms with van der Waals surface area (Å²) >= 11 is 0. The van der Waals surface area contributed by atoms with E-state index in [0.717, 1.165) is 4.68 Å². The van der Waals surface area contributed by atoms with Gasteiger partial charge in [-0.1, -0.05) is 0 Å². The van der Waals surface area contributed by atoms with Crippen molar-refractivity contribution in [3.63, 3.8) is 0 Å². The molecule has 158 valence electrons. The van der Waals surface area contributed by atoms with Gasteiger partial charge < -0.3 is 14.5 Å². The third-order valence-corrected chi connectivity index (χ3v) is 4.68. The number of aromatic nitrogens is 2. The number of carbonyl (C=O) groups is 2. The Bertz CT molecular complexity index is 995. The highest BCUT2D eigenvalue weighted by atomic mass is 16.6. The van der Waals surface area contributed by atoms with Gasteiger partial charge in [-0.15, -0.1) is 0 Å². The number of nitro benzene ring substituents is 1. The molecule has 2 amide bonds. The second-order valence-electron chi connectivity index (χ2n) is 6.59. The molecule has 1 aliphatic rings. The van der Waals surface area contributed by atoms with Crippen LogP contribution in [0.5, 0.6) is 0 Å². The summed E-state index contributed by atoms with van der Waals surface area (Å²) in [5.74, 6) is -0.283. The van der Waals surface area contributed by atoms with Crippen molar-refractivity contribution in [3.8, 4) is 11.3 Å². The van der Waals surface area contributed by atoms with Gasteiger partial charge in [0, 0.05) is 49.9 Å². The van der Waals surface area contributed by atoms with Crippen molar-refractivity contribution in [2.45, 2.75) is 13.5 Å². The highest BCUT2D eigenvalue weighted by Gasteiger charge is 2.25. The summed E-state index contributed by atoms with van der Waals surface area (Å²) in [6.07, 6.45) is -0.404. The van der Waals surface area contributed by atoms with E-state index >= 15 is 0 Å². The van der Waals surface area contributed by atoms with Crippen molar-refractivity contribution in [3.05, 3.63) is 56.9 Å². The van der Waals surface area contributed by atoms with Crippen LogP contribution in [0.1, 0.15) is 6.92 Å². The number of benzene rings is 1. The van der Waals surface area contributed by atoms with E-state index in [2.05, 4.69) is 5.10 Å². The molecule has 11 heteroatoms. The molecule has 1 aromatic carbocycles. The lowest BCUT2D eigenvalue weighted by Crippen LogP contribution is -2.51. The summed E-state index contributed by atoms with van der Waals surface area (Å²) in [7, 11) is 0. The molecule has 1 aliphatic heterocycles. The van der Waals surface area contributed by atoms with Gasteiger partial charge in [0.2, 0.25) is 5.91 Å². The molecule has 0 saturated carbocycles. The fourth-order valence-electron chi connectivity index (χ4n) is 3.05. The Morgan fingerprint density at radius 3 is 2.30 bits per heavy atom. The number of nitro groups is 1. The second kappa shape index (κ2) is 9.16. The third kappa shape index (κ3) is 4.80. The van der Waals surface area contributed by atoms with Crippen molar-refractivity contribution < 1.29 is 19.2 Å². The summed E-state index contributed by atoms with van der Waals surface area (Å²) in [6, 6.07) is 8.57. The first-order valence-electron chi connectivity index (χ1n) is 9.41. The van der Waals surface area contributed by atoms with Crippen LogP contribution in [0.15, 0.2) is 41.2 Å². The number of hydrogen-bond acceptors (Lipinski definition) is 7. The van der Waals surface area contributed by atoms with Gasteiger partial charge >= 0.3 is 6.09 Å². The SMILES string of the molecule is CCOC(=O)N1CCN(C(=O)Cn2nc(-c3ccc([N+](=O)[O-])cc3)ccc2=O)CC1. The quantitative estimate of drug-likeness (QED) is 0.529. The number of carbonyl (C=O) groups excluding carboxylic acids is 2. The van der Waals surface area contributed by atoms with E-state index in [4.69, 9.17) is 4.74 Å². The van der Waals surface area contributed by atoms with Crippen molar-refractivity contribution in [1.82, 2.24) is 19.6 Å². The number of ether oxygens (including phenoxy) is 1. The molecule has 11 nitrogen and oxygen atoms in total. The van der Waals surface area contributed by atoms with Gasteiger partial charge in [-0.05, 0) is 25.1 Å². The van der Waals surface area contributed by atoms with Gasteiger partial charge in [-0.2, -0.15) is 5.10 Å². The molecule has 3 rings (SSSR count). The Kier molecular flexibility index (Phi) is 6.40. The van der Waals surface area contributed by atoms with Crippen molar-refractivity contribution in [2.75, 3.05) is 32.8 Å². The molecule has 0 unspecified atom stereocenters. The van der Waals surface area contributed by atoms with Gasteiger partial charge in [0.1, 0.15) is 6.54 Å². The Labute approximate surface area is 171 Å². The van der Waals surface area contributed by atoms with Crippen LogP contribution >= 0.6 is 0 Å². The van der Waals surface area contributed by atoms with Crippen LogP contribution in [0.25, 0.3) is 11.3 Å². The molecule has 2 aromatic rings. The van der Waals surface area contributed by atoms with Crippen molar-refractivity contribution >= 4 is 17.7 Å². The molecule has 30 heavy (non-hydrogen) atoms. The third-order valence-electron chi connectivity index (χ3n) is 4.68. The highest BCUT2D eigenvalue weighted by Crippen LogP contribution is 2.19. The summed E-state index contributed by atoms with van der Waals surface area (Å²) in [4.78, 5) is 49.9. The van der Waals surface area contributed by atoms with Crippen LogP contribution < -0.4 is 5.56 Å². The van der Waals surface area contributed by atoms with E-state index in [1.54, 1.807) is 11.8 Å². The molecule has 0 spiro atoms. The monoisotopic (exact) mass is 415 g/mol. The predicted molar refractivity (Wildman–Crippen MR) is 106 cm³/mol. The molecule has 2 heterocycles. The van der Waals surface area contributed by atoms with Crippen LogP contribution in [0, 0.1) is 10.1 Å². The molecule has 0 bridgehead atoms. The van der Waals surface area contributed by atoms with E-state index in [1.165, 1.54) is 41.3 Å². The lowest BCUT2D eigenvalue weighted by molar-refractivity contribution is -0.384. The molecule has 0 aliphatic carbocycles. The highest BCUT2D eigenvalue weighted by molar-refractivity contribution is 5.76. The maximum Gasteiger partial charge on any atom is 0.409 e. The Morgan fingerprint density at radius 2 is 1.70 bits per heavy atom. The van der Waals surface area contributed by atoms with Gasteiger partial charge in [-0.3, -0.25) is 19.7 Å². The molecule has 0 N–H and O–H groups in total. The Hall–Kier alpha value is -3.76.